The van der Waals surface area contributed by atoms with Crippen LogP contribution in [0.25, 0.3) is 0 Å². The number of aliphatic hydroxyl groups is 1. The third kappa shape index (κ3) is 1.29. The molecule has 2 saturated heterocycles. The number of H-pyrrole nitrogens is 1. The van der Waals surface area contributed by atoms with Crippen molar-refractivity contribution in [1.82, 2.24) is 9.55 Å². The number of hydrogen-bond donors (Lipinski definition) is 2. The van der Waals surface area contributed by atoms with Crippen molar-refractivity contribution >= 4 is 0 Å². The fourth-order valence-corrected chi connectivity index (χ4v) is 2.43. The van der Waals surface area contributed by atoms with Gasteiger partial charge in [-0.05, 0) is 13.8 Å². The fourth-order valence-electron chi connectivity index (χ4n) is 2.43. The molecule has 1 aromatic heterocycles. The summed E-state index contributed by atoms with van der Waals surface area (Å²) in [5.74, 6) is 0. The van der Waals surface area contributed by atoms with E-state index in [0.29, 0.717) is 0 Å². The SMILES string of the molecule is [2H]C[C@]12CO[C@H]([C@H](n3ccc(=O)[nH]c3=O)O1)[C@@]2(C)O. The van der Waals surface area contributed by atoms with Crippen LogP contribution in [-0.4, -0.2) is 38.6 Å². The quantitative estimate of drug-likeness (QED) is 0.669. The van der Waals surface area contributed by atoms with Crippen molar-refractivity contribution in [2.45, 2.75) is 37.4 Å². The van der Waals surface area contributed by atoms with Gasteiger partial charge in [0, 0.05) is 13.6 Å². The largest absolute Gasteiger partial charge is 0.384 e. The Morgan fingerprint density at radius 1 is 1.67 bits per heavy atom. The molecular weight excluding hydrogens is 240 g/mol. The molecule has 0 aliphatic carbocycles. The molecule has 7 heteroatoms. The van der Waals surface area contributed by atoms with Crippen LogP contribution in [0.4, 0.5) is 0 Å². The molecule has 4 atom stereocenters. The van der Waals surface area contributed by atoms with E-state index < -0.39 is 34.8 Å². The van der Waals surface area contributed by atoms with Crippen LogP contribution in [0.15, 0.2) is 21.9 Å². The number of fused-ring (bicyclic) bond motifs is 2. The summed E-state index contributed by atoms with van der Waals surface area (Å²) in [4.78, 5) is 24.9. The van der Waals surface area contributed by atoms with Crippen molar-refractivity contribution < 1.29 is 16.0 Å². The second-order valence-corrected chi connectivity index (χ2v) is 4.90. The van der Waals surface area contributed by atoms with Gasteiger partial charge in [0.2, 0.25) is 0 Å². The van der Waals surface area contributed by atoms with E-state index in [-0.39, 0.29) is 13.5 Å². The third-order valence-electron chi connectivity index (χ3n) is 3.70. The van der Waals surface area contributed by atoms with E-state index in [4.69, 9.17) is 10.8 Å². The van der Waals surface area contributed by atoms with E-state index in [2.05, 4.69) is 4.98 Å². The molecule has 3 rings (SSSR count). The maximum atomic E-state index is 11.8. The van der Waals surface area contributed by atoms with Crippen molar-refractivity contribution in [2.75, 3.05) is 6.61 Å². The number of ether oxygens (including phenoxy) is 2. The second-order valence-electron chi connectivity index (χ2n) is 4.90. The number of nitrogens with zero attached hydrogens (tertiary/aromatic N) is 1. The molecule has 0 radical (unpaired) electrons. The molecule has 0 aromatic carbocycles. The van der Waals surface area contributed by atoms with Gasteiger partial charge in [-0.15, -0.1) is 0 Å². The summed E-state index contributed by atoms with van der Waals surface area (Å²) in [6.45, 7) is 1.48. The van der Waals surface area contributed by atoms with Crippen LogP contribution in [0.3, 0.4) is 0 Å². The lowest BCUT2D eigenvalue weighted by Crippen LogP contribution is -2.47. The van der Waals surface area contributed by atoms with Crippen LogP contribution in [0, 0.1) is 0 Å². The van der Waals surface area contributed by atoms with Gasteiger partial charge in [0.1, 0.15) is 17.3 Å². The zero-order valence-corrected chi connectivity index (χ0v) is 9.75. The van der Waals surface area contributed by atoms with Crippen molar-refractivity contribution in [3.63, 3.8) is 0 Å². The lowest BCUT2D eigenvalue weighted by Gasteiger charge is -2.29. The summed E-state index contributed by atoms with van der Waals surface area (Å²) in [7, 11) is 0. The Hall–Kier alpha value is -1.44. The lowest BCUT2D eigenvalue weighted by molar-refractivity contribution is -0.169. The molecule has 7 nitrogen and oxygen atoms in total. The molecule has 0 saturated carbocycles. The molecular formula is C11H14N2O5. The van der Waals surface area contributed by atoms with E-state index >= 15 is 0 Å². The van der Waals surface area contributed by atoms with Gasteiger partial charge in [-0.1, -0.05) is 0 Å². The Balaban J connectivity index is 2.06. The smallest absolute Gasteiger partial charge is 0.330 e. The number of rotatable bonds is 1. The maximum Gasteiger partial charge on any atom is 0.330 e. The summed E-state index contributed by atoms with van der Waals surface area (Å²) < 4.78 is 19.9. The van der Waals surface area contributed by atoms with E-state index in [1.807, 2.05) is 0 Å². The van der Waals surface area contributed by atoms with Crippen molar-refractivity contribution in [3.05, 3.63) is 33.1 Å². The number of aromatic amines is 1. The monoisotopic (exact) mass is 255 g/mol. The molecule has 0 spiro atoms. The van der Waals surface area contributed by atoms with E-state index in [0.717, 1.165) is 4.57 Å². The molecule has 1 aromatic rings. The van der Waals surface area contributed by atoms with Gasteiger partial charge in [-0.25, -0.2) is 4.79 Å². The minimum absolute atomic E-state index is 0.114. The van der Waals surface area contributed by atoms with Crippen molar-refractivity contribution in [3.8, 4) is 0 Å². The van der Waals surface area contributed by atoms with Crippen LogP contribution in [0.5, 0.6) is 0 Å². The Morgan fingerprint density at radius 3 is 3.06 bits per heavy atom. The molecule has 2 fully saturated rings. The maximum absolute atomic E-state index is 11.8. The summed E-state index contributed by atoms with van der Waals surface area (Å²) >= 11 is 0. The van der Waals surface area contributed by atoms with Gasteiger partial charge in [0.15, 0.2) is 6.23 Å². The molecule has 0 unspecified atom stereocenters. The Bertz CT molecular complexity index is 624. The predicted octanol–water partition coefficient (Wildman–Crippen LogP) is -1.03. The zero-order valence-electron chi connectivity index (χ0n) is 10.8. The van der Waals surface area contributed by atoms with Gasteiger partial charge in [0.05, 0.1) is 6.61 Å². The molecule has 18 heavy (non-hydrogen) atoms. The van der Waals surface area contributed by atoms with Gasteiger partial charge in [-0.2, -0.15) is 0 Å². The highest BCUT2D eigenvalue weighted by atomic mass is 16.6. The Kier molecular flexibility index (Phi) is 1.93. The number of aromatic nitrogens is 2. The summed E-state index contributed by atoms with van der Waals surface area (Å²) in [5.41, 5.74) is -3.63. The summed E-state index contributed by atoms with van der Waals surface area (Å²) in [6, 6.07) is 1.19. The van der Waals surface area contributed by atoms with Crippen LogP contribution in [0.1, 0.15) is 21.4 Å². The predicted molar refractivity (Wildman–Crippen MR) is 60.2 cm³/mol. The molecule has 2 bridgehead atoms. The lowest BCUT2D eigenvalue weighted by atomic mass is 9.87. The van der Waals surface area contributed by atoms with Crippen molar-refractivity contribution in [1.29, 1.82) is 0 Å². The van der Waals surface area contributed by atoms with E-state index in [1.54, 1.807) is 0 Å². The molecule has 0 amide bonds. The summed E-state index contributed by atoms with van der Waals surface area (Å²) in [5, 5.41) is 10.5. The molecule has 2 aliphatic rings. The standard InChI is InChI=1S/C11H14N2O5/c1-10-5-17-7(11(10,2)16)8(18-10)13-4-3-6(14)12-9(13)15/h3-4,7-8,16H,5H2,1-2H3,(H,12,14,15)/t7-,8-,10-,11-/m1/s1/i1D. The average molecular weight is 255 g/mol. The topological polar surface area (TPSA) is 93.6 Å². The van der Waals surface area contributed by atoms with Crippen LogP contribution < -0.4 is 11.2 Å². The highest BCUT2D eigenvalue weighted by molar-refractivity contribution is 5.13. The van der Waals surface area contributed by atoms with Crippen LogP contribution in [0.2, 0.25) is 0 Å². The Labute approximate surface area is 103 Å². The highest BCUT2D eigenvalue weighted by Gasteiger charge is 2.66. The normalized spacial score (nSPS) is 43.1. The van der Waals surface area contributed by atoms with Gasteiger partial charge < -0.3 is 14.6 Å². The average Bonchev–Trinajstić information content (AvgIpc) is 2.73. The molecule has 2 aliphatic heterocycles. The fraction of sp³-hybridized carbons (Fsp3) is 0.636. The first-order chi connectivity index (χ1) is 8.91. The molecule has 98 valence electrons. The van der Waals surface area contributed by atoms with Gasteiger partial charge >= 0.3 is 5.69 Å². The molecule has 2 N–H and O–H groups in total. The zero-order chi connectivity index (χ0) is 13.8. The minimum Gasteiger partial charge on any atom is -0.384 e. The number of nitrogens with one attached hydrogen (secondary N) is 1. The Morgan fingerprint density at radius 2 is 2.44 bits per heavy atom. The summed E-state index contributed by atoms with van der Waals surface area (Å²) in [6.07, 6.45) is -0.302. The highest BCUT2D eigenvalue weighted by Crippen LogP contribution is 2.50. The second kappa shape index (κ2) is 3.31. The van der Waals surface area contributed by atoms with Gasteiger partial charge in [-0.3, -0.25) is 14.3 Å². The first-order valence-electron chi connectivity index (χ1n) is 6.24. The van der Waals surface area contributed by atoms with Crippen molar-refractivity contribution in [2.24, 2.45) is 0 Å². The third-order valence-corrected chi connectivity index (χ3v) is 3.70. The molecule has 3 heterocycles. The van der Waals surface area contributed by atoms with Crippen LogP contribution >= 0.6 is 0 Å². The first-order valence-corrected chi connectivity index (χ1v) is 5.54. The van der Waals surface area contributed by atoms with Gasteiger partial charge in [0.25, 0.3) is 5.56 Å². The van der Waals surface area contributed by atoms with E-state index in [1.165, 1.54) is 19.2 Å². The van der Waals surface area contributed by atoms with Crippen LogP contribution in [-0.2, 0) is 9.47 Å². The minimum atomic E-state index is -1.35. The number of hydrogen-bond acceptors (Lipinski definition) is 5. The van der Waals surface area contributed by atoms with E-state index in [9.17, 15) is 14.7 Å². The first kappa shape index (κ1) is 10.5.